The Hall–Kier alpha value is -1.62. The topological polar surface area (TPSA) is 46.9 Å². The highest BCUT2D eigenvalue weighted by molar-refractivity contribution is 7.09. The maximum Gasteiger partial charge on any atom is 0.220 e. The zero-order valence-electron chi connectivity index (χ0n) is 9.50. The lowest BCUT2D eigenvalue weighted by Crippen LogP contribution is -2.27. The van der Waals surface area contributed by atoms with Gasteiger partial charge < -0.3 is 5.32 Å². The van der Waals surface area contributed by atoms with Gasteiger partial charge in [0, 0.05) is 30.2 Å². The summed E-state index contributed by atoms with van der Waals surface area (Å²) < 4.78 is 1.81. The van der Waals surface area contributed by atoms with E-state index in [1.807, 2.05) is 23.7 Å². The van der Waals surface area contributed by atoms with Gasteiger partial charge in [0.05, 0.1) is 6.54 Å². The first-order valence-electron chi connectivity index (χ1n) is 5.61. The van der Waals surface area contributed by atoms with Crippen molar-refractivity contribution in [3.05, 3.63) is 40.8 Å². The van der Waals surface area contributed by atoms with E-state index in [1.165, 1.54) is 4.88 Å². The highest BCUT2D eigenvalue weighted by Gasteiger charge is 2.02. The summed E-state index contributed by atoms with van der Waals surface area (Å²) in [5.41, 5.74) is 0. The summed E-state index contributed by atoms with van der Waals surface area (Å²) >= 11 is 1.69. The van der Waals surface area contributed by atoms with Gasteiger partial charge in [0.2, 0.25) is 5.91 Å². The summed E-state index contributed by atoms with van der Waals surface area (Å²) in [6.07, 6.45) is 5.00. The second kappa shape index (κ2) is 6.20. The molecule has 0 atom stereocenters. The number of aryl methyl sites for hydroxylation is 1. The van der Waals surface area contributed by atoms with Gasteiger partial charge in [-0.2, -0.15) is 5.10 Å². The summed E-state index contributed by atoms with van der Waals surface area (Å²) in [6, 6.07) is 5.94. The Morgan fingerprint density at radius 3 is 3.12 bits per heavy atom. The first-order chi connectivity index (χ1) is 8.34. The Labute approximate surface area is 104 Å². The zero-order valence-corrected chi connectivity index (χ0v) is 10.3. The fourth-order valence-corrected chi connectivity index (χ4v) is 2.23. The Balaban J connectivity index is 1.61. The fourth-order valence-electron chi connectivity index (χ4n) is 1.52. The van der Waals surface area contributed by atoms with Crippen molar-refractivity contribution in [3.63, 3.8) is 0 Å². The molecule has 2 aromatic heterocycles. The summed E-state index contributed by atoms with van der Waals surface area (Å²) in [4.78, 5) is 12.8. The van der Waals surface area contributed by atoms with Crippen molar-refractivity contribution in [2.45, 2.75) is 19.4 Å². The Morgan fingerprint density at radius 1 is 1.47 bits per heavy atom. The van der Waals surface area contributed by atoms with Gasteiger partial charge in [0.1, 0.15) is 0 Å². The van der Waals surface area contributed by atoms with Crippen LogP contribution in [0, 0.1) is 0 Å². The number of thiophene rings is 1. The van der Waals surface area contributed by atoms with Gasteiger partial charge in [-0.05, 0) is 23.9 Å². The van der Waals surface area contributed by atoms with E-state index >= 15 is 0 Å². The number of hydrogen-bond acceptors (Lipinski definition) is 3. The van der Waals surface area contributed by atoms with E-state index in [9.17, 15) is 4.79 Å². The monoisotopic (exact) mass is 249 g/mol. The predicted octanol–water partition coefficient (Wildman–Crippen LogP) is 1.69. The standard InChI is InChI=1S/C12H15N3OS/c16-12(5-4-11-3-1-10-17-11)13-7-9-15-8-2-6-14-15/h1-3,6,8,10H,4-5,7,9H2,(H,13,16). The van der Waals surface area contributed by atoms with Gasteiger partial charge in [-0.25, -0.2) is 0 Å². The van der Waals surface area contributed by atoms with Gasteiger partial charge in [0.15, 0.2) is 0 Å². The molecule has 17 heavy (non-hydrogen) atoms. The molecule has 0 spiro atoms. The molecule has 0 aliphatic carbocycles. The molecule has 2 heterocycles. The van der Waals surface area contributed by atoms with Crippen LogP contribution in [-0.2, 0) is 17.8 Å². The molecule has 0 bridgehead atoms. The third-order valence-electron chi connectivity index (χ3n) is 2.40. The van der Waals surface area contributed by atoms with Gasteiger partial charge >= 0.3 is 0 Å². The molecule has 0 unspecified atom stereocenters. The van der Waals surface area contributed by atoms with Gasteiger partial charge in [-0.1, -0.05) is 6.07 Å². The maximum atomic E-state index is 11.5. The third-order valence-corrected chi connectivity index (χ3v) is 3.34. The summed E-state index contributed by atoms with van der Waals surface area (Å²) in [6.45, 7) is 1.35. The number of hydrogen-bond donors (Lipinski definition) is 1. The average molecular weight is 249 g/mol. The number of carbonyl (C=O) groups is 1. The first kappa shape index (κ1) is 11.9. The van der Waals surface area contributed by atoms with E-state index < -0.39 is 0 Å². The second-order valence-electron chi connectivity index (χ2n) is 3.70. The van der Waals surface area contributed by atoms with E-state index in [0.717, 1.165) is 13.0 Å². The minimum absolute atomic E-state index is 0.102. The van der Waals surface area contributed by atoms with Gasteiger partial charge in [-0.15, -0.1) is 11.3 Å². The molecule has 5 heteroatoms. The van der Waals surface area contributed by atoms with Crippen LogP contribution in [0.15, 0.2) is 36.0 Å². The molecule has 0 fully saturated rings. The molecule has 0 saturated heterocycles. The lowest BCUT2D eigenvalue weighted by molar-refractivity contribution is -0.121. The molecule has 0 aromatic carbocycles. The van der Waals surface area contributed by atoms with Crippen LogP contribution in [0.2, 0.25) is 0 Å². The predicted molar refractivity (Wildman–Crippen MR) is 67.9 cm³/mol. The highest BCUT2D eigenvalue weighted by atomic mass is 32.1. The minimum Gasteiger partial charge on any atom is -0.354 e. The van der Waals surface area contributed by atoms with Crippen molar-refractivity contribution in [3.8, 4) is 0 Å². The molecular formula is C12H15N3OS. The van der Waals surface area contributed by atoms with Crippen molar-refractivity contribution < 1.29 is 4.79 Å². The number of rotatable bonds is 6. The van der Waals surface area contributed by atoms with Crippen LogP contribution < -0.4 is 5.32 Å². The summed E-state index contributed by atoms with van der Waals surface area (Å²) in [5, 5.41) is 8.99. The lowest BCUT2D eigenvalue weighted by atomic mass is 10.2. The van der Waals surface area contributed by atoms with Crippen molar-refractivity contribution >= 4 is 17.2 Å². The molecule has 0 saturated carbocycles. The Bertz CT molecular complexity index is 436. The van der Waals surface area contributed by atoms with Crippen LogP contribution in [0.25, 0.3) is 0 Å². The van der Waals surface area contributed by atoms with Crippen molar-refractivity contribution in [1.29, 1.82) is 0 Å². The lowest BCUT2D eigenvalue weighted by Gasteiger charge is -2.04. The Morgan fingerprint density at radius 2 is 2.41 bits per heavy atom. The molecule has 0 aliphatic rings. The largest absolute Gasteiger partial charge is 0.354 e. The second-order valence-corrected chi connectivity index (χ2v) is 4.73. The van der Waals surface area contributed by atoms with E-state index in [1.54, 1.807) is 22.2 Å². The van der Waals surface area contributed by atoms with Crippen LogP contribution in [0.4, 0.5) is 0 Å². The number of amides is 1. The number of carbonyl (C=O) groups excluding carboxylic acids is 1. The molecule has 2 rings (SSSR count). The fraction of sp³-hybridized carbons (Fsp3) is 0.333. The van der Waals surface area contributed by atoms with E-state index in [-0.39, 0.29) is 5.91 Å². The summed E-state index contributed by atoms with van der Waals surface area (Å²) in [7, 11) is 0. The van der Waals surface area contributed by atoms with Crippen molar-refractivity contribution in [2.75, 3.05) is 6.54 Å². The molecule has 2 aromatic rings. The smallest absolute Gasteiger partial charge is 0.220 e. The van der Waals surface area contributed by atoms with Crippen LogP contribution in [0.5, 0.6) is 0 Å². The zero-order chi connectivity index (χ0) is 11.9. The number of nitrogens with one attached hydrogen (secondary N) is 1. The highest BCUT2D eigenvalue weighted by Crippen LogP contribution is 2.10. The van der Waals surface area contributed by atoms with Crippen LogP contribution in [0.1, 0.15) is 11.3 Å². The maximum absolute atomic E-state index is 11.5. The summed E-state index contributed by atoms with van der Waals surface area (Å²) in [5.74, 6) is 0.102. The van der Waals surface area contributed by atoms with Gasteiger partial charge in [0.25, 0.3) is 0 Å². The molecule has 1 amide bonds. The molecule has 1 N–H and O–H groups in total. The van der Waals surface area contributed by atoms with E-state index in [4.69, 9.17) is 0 Å². The molecule has 0 aliphatic heterocycles. The third kappa shape index (κ3) is 4.03. The van der Waals surface area contributed by atoms with Crippen LogP contribution in [0.3, 0.4) is 0 Å². The van der Waals surface area contributed by atoms with Gasteiger partial charge in [-0.3, -0.25) is 9.48 Å². The number of nitrogens with zero attached hydrogens (tertiary/aromatic N) is 2. The van der Waals surface area contributed by atoms with E-state index in [2.05, 4.69) is 16.5 Å². The minimum atomic E-state index is 0.102. The molecule has 4 nitrogen and oxygen atoms in total. The SMILES string of the molecule is O=C(CCc1cccs1)NCCn1cccn1. The van der Waals surface area contributed by atoms with Crippen LogP contribution >= 0.6 is 11.3 Å². The van der Waals surface area contributed by atoms with Crippen LogP contribution in [-0.4, -0.2) is 22.2 Å². The Kier molecular flexibility index (Phi) is 4.32. The quantitative estimate of drug-likeness (QED) is 0.847. The molecule has 90 valence electrons. The average Bonchev–Trinajstić information content (AvgIpc) is 2.99. The number of aromatic nitrogens is 2. The molecular weight excluding hydrogens is 234 g/mol. The van der Waals surface area contributed by atoms with Crippen molar-refractivity contribution in [2.24, 2.45) is 0 Å². The molecule has 0 radical (unpaired) electrons. The van der Waals surface area contributed by atoms with E-state index in [0.29, 0.717) is 13.0 Å². The van der Waals surface area contributed by atoms with Crippen molar-refractivity contribution in [1.82, 2.24) is 15.1 Å². The first-order valence-corrected chi connectivity index (χ1v) is 6.49. The normalized spacial score (nSPS) is 10.4.